The van der Waals surface area contributed by atoms with Crippen LogP contribution in [0.2, 0.25) is 0 Å². The first-order chi connectivity index (χ1) is 8.79. The first-order valence-electron chi connectivity index (χ1n) is 6.78. The van der Waals surface area contributed by atoms with Gasteiger partial charge in [-0.05, 0) is 32.5 Å². The largest absolute Gasteiger partial charge is 0.488 e. The zero-order valence-electron chi connectivity index (χ0n) is 11.4. The van der Waals surface area contributed by atoms with E-state index in [1.54, 1.807) is 0 Å². The molecular formula is C14H23N3O. The molecule has 1 N–H and O–H groups in total. The molecule has 1 aliphatic rings. The lowest BCUT2D eigenvalue weighted by molar-refractivity contribution is 0.113. The van der Waals surface area contributed by atoms with Gasteiger partial charge in [0.25, 0.3) is 0 Å². The van der Waals surface area contributed by atoms with Crippen molar-refractivity contribution in [2.24, 2.45) is 0 Å². The molecule has 2 heterocycles. The van der Waals surface area contributed by atoms with Gasteiger partial charge < -0.3 is 15.0 Å². The third kappa shape index (κ3) is 3.68. The van der Waals surface area contributed by atoms with Crippen LogP contribution in [0.4, 0.5) is 0 Å². The summed E-state index contributed by atoms with van der Waals surface area (Å²) < 4.78 is 6.10. The van der Waals surface area contributed by atoms with Crippen LogP contribution in [0.1, 0.15) is 25.3 Å². The van der Waals surface area contributed by atoms with E-state index in [0.29, 0.717) is 6.10 Å². The summed E-state index contributed by atoms with van der Waals surface area (Å²) in [4.78, 5) is 6.52. The Bertz CT molecular complexity index is 362. The topological polar surface area (TPSA) is 37.4 Å². The van der Waals surface area contributed by atoms with E-state index >= 15 is 0 Å². The smallest absolute Gasteiger partial charge is 0.142 e. The number of nitrogens with one attached hydrogen (secondary N) is 1. The van der Waals surface area contributed by atoms with Crippen LogP contribution < -0.4 is 10.1 Å². The Balaban J connectivity index is 1.95. The standard InChI is InChI=1S/C14H23N3O/c1-3-15-10-12-4-7-16-11-14(12)18-13-5-8-17(2)9-6-13/h4,7,11,13,15H,3,5-6,8-10H2,1-2H3. The van der Waals surface area contributed by atoms with Gasteiger partial charge in [0, 0.05) is 31.4 Å². The Labute approximate surface area is 109 Å². The molecule has 0 saturated carbocycles. The van der Waals surface area contributed by atoms with Crippen molar-refractivity contribution in [2.45, 2.75) is 32.4 Å². The lowest BCUT2D eigenvalue weighted by Gasteiger charge is -2.29. The molecule has 0 aliphatic carbocycles. The summed E-state index contributed by atoms with van der Waals surface area (Å²) in [6.45, 7) is 6.16. The summed E-state index contributed by atoms with van der Waals surface area (Å²) in [5.41, 5.74) is 1.20. The fourth-order valence-electron chi connectivity index (χ4n) is 2.20. The molecule has 0 aromatic carbocycles. The van der Waals surface area contributed by atoms with E-state index in [1.807, 2.05) is 18.5 Å². The van der Waals surface area contributed by atoms with E-state index in [4.69, 9.17) is 4.74 Å². The van der Waals surface area contributed by atoms with Gasteiger partial charge in [-0.25, -0.2) is 0 Å². The Kier molecular flexibility index (Phi) is 4.96. The number of hydrogen-bond donors (Lipinski definition) is 1. The lowest BCUT2D eigenvalue weighted by Crippen LogP contribution is -2.35. The zero-order chi connectivity index (χ0) is 12.8. The molecule has 0 amide bonds. The van der Waals surface area contributed by atoms with E-state index in [2.05, 4.69) is 29.2 Å². The second kappa shape index (κ2) is 6.71. The first-order valence-corrected chi connectivity index (χ1v) is 6.78. The van der Waals surface area contributed by atoms with Crippen LogP contribution in [0.25, 0.3) is 0 Å². The molecule has 0 spiro atoms. The normalized spacial score (nSPS) is 17.9. The maximum Gasteiger partial charge on any atom is 0.142 e. The molecule has 4 nitrogen and oxygen atoms in total. The number of pyridine rings is 1. The number of ether oxygens (including phenoxy) is 1. The molecule has 2 rings (SSSR count). The first kappa shape index (κ1) is 13.3. The van der Waals surface area contributed by atoms with Crippen LogP contribution in [-0.4, -0.2) is 42.7 Å². The van der Waals surface area contributed by atoms with Crippen LogP contribution in [0, 0.1) is 0 Å². The number of rotatable bonds is 5. The predicted octanol–water partition coefficient (Wildman–Crippen LogP) is 1.66. The fourth-order valence-corrected chi connectivity index (χ4v) is 2.20. The van der Waals surface area contributed by atoms with Gasteiger partial charge in [0.1, 0.15) is 11.9 Å². The van der Waals surface area contributed by atoms with E-state index in [1.165, 1.54) is 5.56 Å². The van der Waals surface area contributed by atoms with E-state index in [-0.39, 0.29) is 0 Å². The Morgan fingerprint density at radius 2 is 2.22 bits per heavy atom. The highest BCUT2D eigenvalue weighted by Crippen LogP contribution is 2.21. The van der Waals surface area contributed by atoms with E-state index in [0.717, 1.165) is 44.8 Å². The molecule has 1 saturated heterocycles. The molecular weight excluding hydrogens is 226 g/mol. The SMILES string of the molecule is CCNCc1ccncc1OC1CCN(C)CC1. The minimum Gasteiger partial charge on any atom is -0.488 e. The van der Waals surface area contributed by atoms with Crippen molar-refractivity contribution in [3.05, 3.63) is 24.0 Å². The second-order valence-corrected chi connectivity index (χ2v) is 4.88. The average molecular weight is 249 g/mol. The predicted molar refractivity (Wildman–Crippen MR) is 72.8 cm³/mol. The number of likely N-dealkylation sites (tertiary alicyclic amines) is 1. The molecule has 18 heavy (non-hydrogen) atoms. The third-order valence-electron chi connectivity index (χ3n) is 3.39. The minimum absolute atomic E-state index is 0.339. The molecule has 1 aromatic rings. The van der Waals surface area contributed by atoms with Gasteiger partial charge in [-0.15, -0.1) is 0 Å². The van der Waals surface area contributed by atoms with Crippen molar-refractivity contribution in [1.82, 2.24) is 15.2 Å². The molecule has 1 aromatic heterocycles. The Morgan fingerprint density at radius 3 is 2.94 bits per heavy atom. The van der Waals surface area contributed by atoms with Gasteiger partial charge in [-0.3, -0.25) is 4.98 Å². The zero-order valence-corrected chi connectivity index (χ0v) is 11.4. The summed E-state index contributed by atoms with van der Waals surface area (Å²) >= 11 is 0. The van der Waals surface area contributed by atoms with Crippen LogP contribution >= 0.6 is 0 Å². The molecule has 1 fully saturated rings. The number of nitrogens with zero attached hydrogens (tertiary/aromatic N) is 2. The average Bonchev–Trinajstić information content (AvgIpc) is 2.40. The van der Waals surface area contributed by atoms with Crippen molar-refractivity contribution in [2.75, 3.05) is 26.7 Å². The second-order valence-electron chi connectivity index (χ2n) is 4.88. The van der Waals surface area contributed by atoms with Gasteiger partial charge in [-0.2, -0.15) is 0 Å². The number of hydrogen-bond acceptors (Lipinski definition) is 4. The summed E-state index contributed by atoms with van der Waals surface area (Å²) in [5.74, 6) is 0.938. The van der Waals surface area contributed by atoms with Crippen LogP contribution in [0.15, 0.2) is 18.5 Å². The highest BCUT2D eigenvalue weighted by molar-refractivity contribution is 5.29. The molecule has 100 valence electrons. The number of aromatic nitrogens is 1. The third-order valence-corrected chi connectivity index (χ3v) is 3.39. The molecule has 0 bridgehead atoms. The monoisotopic (exact) mass is 249 g/mol. The quantitative estimate of drug-likeness (QED) is 0.861. The molecule has 0 atom stereocenters. The Hall–Kier alpha value is -1.13. The van der Waals surface area contributed by atoms with Gasteiger partial charge in [-0.1, -0.05) is 6.92 Å². The van der Waals surface area contributed by atoms with E-state index < -0.39 is 0 Å². The maximum absolute atomic E-state index is 6.10. The fraction of sp³-hybridized carbons (Fsp3) is 0.643. The van der Waals surface area contributed by atoms with Crippen molar-refractivity contribution in [3.63, 3.8) is 0 Å². The summed E-state index contributed by atoms with van der Waals surface area (Å²) in [6, 6.07) is 2.03. The van der Waals surface area contributed by atoms with Gasteiger partial charge in [0.05, 0.1) is 6.20 Å². The minimum atomic E-state index is 0.339. The van der Waals surface area contributed by atoms with Crippen LogP contribution in [0.3, 0.4) is 0 Å². The van der Waals surface area contributed by atoms with Gasteiger partial charge >= 0.3 is 0 Å². The van der Waals surface area contributed by atoms with Gasteiger partial charge in [0.2, 0.25) is 0 Å². The van der Waals surface area contributed by atoms with E-state index in [9.17, 15) is 0 Å². The molecule has 1 aliphatic heterocycles. The van der Waals surface area contributed by atoms with Gasteiger partial charge in [0.15, 0.2) is 0 Å². The van der Waals surface area contributed by atoms with Crippen molar-refractivity contribution in [1.29, 1.82) is 0 Å². The summed E-state index contributed by atoms with van der Waals surface area (Å²) in [7, 11) is 2.16. The van der Waals surface area contributed by atoms with Crippen molar-refractivity contribution >= 4 is 0 Å². The molecule has 0 unspecified atom stereocenters. The summed E-state index contributed by atoms with van der Waals surface area (Å²) in [6.07, 6.45) is 6.21. The number of piperidine rings is 1. The highest BCUT2D eigenvalue weighted by Gasteiger charge is 2.19. The summed E-state index contributed by atoms with van der Waals surface area (Å²) in [5, 5.41) is 3.33. The van der Waals surface area contributed by atoms with Crippen LogP contribution in [-0.2, 0) is 6.54 Å². The maximum atomic E-state index is 6.10. The highest BCUT2D eigenvalue weighted by atomic mass is 16.5. The van der Waals surface area contributed by atoms with Crippen molar-refractivity contribution in [3.8, 4) is 5.75 Å². The lowest BCUT2D eigenvalue weighted by atomic mass is 10.1. The molecule has 0 radical (unpaired) electrons. The Morgan fingerprint density at radius 1 is 1.44 bits per heavy atom. The van der Waals surface area contributed by atoms with Crippen molar-refractivity contribution < 1.29 is 4.74 Å². The van der Waals surface area contributed by atoms with Crippen LogP contribution in [0.5, 0.6) is 5.75 Å². The molecule has 4 heteroatoms.